The highest BCUT2D eigenvalue weighted by atomic mass is 79.9. The predicted octanol–water partition coefficient (Wildman–Crippen LogP) is 11.2. The molecule has 41 heavy (non-hydrogen) atoms. The summed E-state index contributed by atoms with van der Waals surface area (Å²) in [6, 6.07) is 52.5. The maximum Gasteiger partial charge on any atom is 0.0783 e. The van der Waals surface area contributed by atoms with E-state index in [1.165, 1.54) is 33.6 Å². The molecule has 0 atom stereocenters. The fourth-order valence-electron chi connectivity index (χ4n) is 6.86. The lowest BCUT2D eigenvalue weighted by atomic mass is 9.60. The van der Waals surface area contributed by atoms with E-state index < -0.39 is 5.41 Å². The predicted molar refractivity (Wildman–Crippen MR) is 177 cm³/mol. The number of anilines is 6. The molecule has 1 spiro atoms. The zero-order chi connectivity index (χ0) is 27.6. The fraction of sp³-hybridized carbons (Fsp3) is 0.0270. The van der Waals surface area contributed by atoms with Gasteiger partial charge in [-0.05, 0) is 103 Å². The van der Waals surface area contributed by atoms with Crippen LogP contribution in [0.2, 0.25) is 0 Å². The number of rotatable bonds is 2. The Morgan fingerprint density at radius 2 is 0.805 bits per heavy atom. The molecule has 0 bridgehead atoms. The van der Waals surface area contributed by atoms with Crippen LogP contribution in [-0.2, 0) is 5.41 Å². The maximum atomic E-state index is 4.01. The minimum Gasteiger partial charge on any atom is -0.310 e. The van der Waals surface area contributed by atoms with Crippen LogP contribution in [0.4, 0.5) is 34.1 Å². The van der Waals surface area contributed by atoms with Crippen LogP contribution in [0.25, 0.3) is 0 Å². The molecule has 0 saturated carbocycles. The van der Waals surface area contributed by atoms with Gasteiger partial charge >= 0.3 is 0 Å². The van der Waals surface area contributed by atoms with Crippen LogP contribution in [0, 0.1) is 0 Å². The molecular weight excluding hydrogens is 632 g/mol. The van der Waals surface area contributed by atoms with E-state index in [4.69, 9.17) is 0 Å². The highest BCUT2D eigenvalue weighted by Crippen LogP contribution is 2.64. The van der Waals surface area contributed by atoms with Crippen molar-refractivity contribution in [1.82, 2.24) is 0 Å². The largest absolute Gasteiger partial charge is 0.310 e. The van der Waals surface area contributed by atoms with Gasteiger partial charge in [-0.3, -0.25) is 0 Å². The Bertz CT molecular complexity index is 1900. The van der Waals surface area contributed by atoms with Gasteiger partial charge in [-0.1, -0.05) is 97.1 Å². The second kappa shape index (κ2) is 9.47. The van der Waals surface area contributed by atoms with E-state index in [2.05, 4.69) is 187 Å². The van der Waals surface area contributed by atoms with Gasteiger partial charge in [-0.25, -0.2) is 0 Å². The van der Waals surface area contributed by atoms with E-state index >= 15 is 0 Å². The maximum absolute atomic E-state index is 4.01. The van der Waals surface area contributed by atoms with Crippen LogP contribution in [0.1, 0.15) is 22.3 Å². The molecule has 8 rings (SSSR count). The molecule has 0 fully saturated rings. The van der Waals surface area contributed by atoms with E-state index in [0.29, 0.717) is 0 Å². The third-order valence-corrected chi connectivity index (χ3v) is 9.68. The summed E-state index contributed by atoms with van der Waals surface area (Å²) in [7, 11) is 0. The summed E-state index contributed by atoms with van der Waals surface area (Å²) in [5.74, 6) is 0. The fourth-order valence-corrected chi connectivity index (χ4v) is 7.87. The Kier molecular flexibility index (Phi) is 5.70. The number of halogens is 2. The average Bonchev–Trinajstić information content (AvgIpc) is 3.02. The van der Waals surface area contributed by atoms with Crippen LogP contribution in [0.3, 0.4) is 0 Å². The van der Waals surface area contributed by atoms with Gasteiger partial charge in [-0.15, -0.1) is 0 Å². The van der Waals surface area contributed by atoms with Gasteiger partial charge in [0.05, 0.1) is 33.9 Å². The first-order valence-corrected chi connectivity index (χ1v) is 15.3. The number of hydrogen-bond acceptors (Lipinski definition) is 2. The first-order valence-electron chi connectivity index (χ1n) is 13.7. The second-order valence-electron chi connectivity index (χ2n) is 10.4. The molecule has 196 valence electrons. The van der Waals surface area contributed by atoms with Crippen LogP contribution < -0.4 is 9.80 Å². The number of fused-ring (bicyclic) bond motifs is 8. The molecule has 0 radical (unpaired) electrons. The quantitative estimate of drug-likeness (QED) is 0.183. The molecule has 2 heterocycles. The minimum absolute atomic E-state index is 0.536. The highest BCUT2D eigenvalue weighted by molar-refractivity contribution is 9.11. The summed E-state index contributed by atoms with van der Waals surface area (Å²) < 4.78 is 2.10. The van der Waals surface area contributed by atoms with Crippen molar-refractivity contribution in [2.24, 2.45) is 0 Å². The molecule has 0 N–H and O–H groups in total. The standard InChI is InChI=1S/C37H24Br2N2/c38-30-19-7-11-24-35(30)41-34-23-10-6-17-28(34)37(29-18-12-20-31(39)36(29)41)26-15-4-8-21-32(26)40(25-13-2-1-3-14-25)33-22-9-5-16-27(33)37/h1-24H. The van der Waals surface area contributed by atoms with Crippen LogP contribution in [0.5, 0.6) is 0 Å². The van der Waals surface area contributed by atoms with Crippen molar-refractivity contribution in [3.63, 3.8) is 0 Å². The summed E-state index contributed by atoms with van der Waals surface area (Å²) in [5, 5.41) is 0. The van der Waals surface area contributed by atoms with Crippen molar-refractivity contribution >= 4 is 66.0 Å². The molecule has 6 aromatic carbocycles. The lowest BCUT2D eigenvalue weighted by molar-refractivity contribution is 0.718. The summed E-state index contributed by atoms with van der Waals surface area (Å²) in [4.78, 5) is 4.81. The van der Waals surface area contributed by atoms with Crippen LogP contribution >= 0.6 is 31.9 Å². The monoisotopic (exact) mass is 654 g/mol. The van der Waals surface area contributed by atoms with Gasteiger partial charge in [0.25, 0.3) is 0 Å². The molecule has 0 aromatic heterocycles. The molecule has 0 amide bonds. The Morgan fingerprint density at radius 1 is 0.366 bits per heavy atom. The van der Waals surface area contributed by atoms with Crippen LogP contribution in [0.15, 0.2) is 155 Å². The highest BCUT2D eigenvalue weighted by Gasteiger charge is 2.52. The normalized spacial score (nSPS) is 14.2. The summed E-state index contributed by atoms with van der Waals surface area (Å²) in [6.45, 7) is 0. The number of benzene rings is 6. The van der Waals surface area contributed by atoms with E-state index in [1.807, 2.05) is 0 Å². The molecule has 2 aliphatic heterocycles. The smallest absolute Gasteiger partial charge is 0.0783 e. The Morgan fingerprint density at radius 3 is 1.39 bits per heavy atom. The number of para-hydroxylation sites is 6. The molecule has 0 saturated heterocycles. The Balaban J connectivity index is 1.55. The molecule has 6 aromatic rings. The van der Waals surface area contributed by atoms with Crippen molar-refractivity contribution < 1.29 is 0 Å². The van der Waals surface area contributed by atoms with Crippen LogP contribution in [-0.4, -0.2) is 0 Å². The summed E-state index contributed by atoms with van der Waals surface area (Å²) in [5.41, 5.74) is 11.4. The summed E-state index contributed by atoms with van der Waals surface area (Å²) >= 11 is 7.88. The molecule has 2 aliphatic rings. The zero-order valence-electron chi connectivity index (χ0n) is 22.0. The minimum atomic E-state index is -0.536. The van der Waals surface area contributed by atoms with Crippen molar-refractivity contribution in [3.8, 4) is 0 Å². The SMILES string of the molecule is Brc1ccccc1N1c2ccccc2C2(c3ccccc3N(c3ccccc3)c3ccccc32)c2cccc(Br)c21. The van der Waals surface area contributed by atoms with Gasteiger partial charge in [0.15, 0.2) is 0 Å². The first-order chi connectivity index (χ1) is 20.2. The van der Waals surface area contributed by atoms with Gasteiger partial charge < -0.3 is 9.80 Å². The van der Waals surface area contributed by atoms with E-state index in [1.54, 1.807) is 0 Å². The summed E-state index contributed by atoms with van der Waals surface area (Å²) in [6.07, 6.45) is 0. The van der Waals surface area contributed by atoms with Gasteiger partial charge in [0.1, 0.15) is 0 Å². The molecule has 0 aliphatic carbocycles. The topological polar surface area (TPSA) is 6.48 Å². The van der Waals surface area contributed by atoms with E-state index in [0.717, 1.165) is 31.7 Å². The molecule has 0 unspecified atom stereocenters. The lowest BCUT2D eigenvalue weighted by Gasteiger charge is -2.51. The molecular formula is C37H24Br2N2. The number of hydrogen-bond donors (Lipinski definition) is 0. The lowest BCUT2D eigenvalue weighted by Crippen LogP contribution is -2.42. The third kappa shape index (κ3) is 3.41. The van der Waals surface area contributed by atoms with Gasteiger partial charge in [0, 0.05) is 14.6 Å². The first kappa shape index (κ1) is 24.7. The van der Waals surface area contributed by atoms with E-state index in [9.17, 15) is 0 Å². The van der Waals surface area contributed by atoms with Crippen molar-refractivity contribution in [1.29, 1.82) is 0 Å². The Hall–Kier alpha value is -4.12. The Labute approximate surface area is 256 Å². The zero-order valence-corrected chi connectivity index (χ0v) is 25.2. The second-order valence-corrected chi connectivity index (χ2v) is 12.1. The van der Waals surface area contributed by atoms with Crippen molar-refractivity contribution in [2.75, 3.05) is 9.80 Å². The molecule has 4 heteroatoms. The van der Waals surface area contributed by atoms with Crippen molar-refractivity contribution in [3.05, 3.63) is 177 Å². The average molecular weight is 656 g/mol. The van der Waals surface area contributed by atoms with Gasteiger partial charge in [-0.2, -0.15) is 0 Å². The molecule has 2 nitrogen and oxygen atoms in total. The van der Waals surface area contributed by atoms with E-state index in [-0.39, 0.29) is 0 Å². The van der Waals surface area contributed by atoms with Crippen molar-refractivity contribution in [2.45, 2.75) is 5.41 Å². The number of nitrogens with zero attached hydrogens (tertiary/aromatic N) is 2. The van der Waals surface area contributed by atoms with Gasteiger partial charge in [0.2, 0.25) is 0 Å². The third-order valence-electron chi connectivity index (χ3n) is 8.37.